The van der Waals surface area contributed by atoms with Gasteiger partial charge in [0.1, 0.15) is 5.25 Å². The minimum atomic E-state index is -4.17. The average Bonchev–Trinajstić information content (AvgIpc) is 2.46. The van der Waals surface area contributed by atoms with Gasteiger partial charge in [-0.05, 0) is 18.6 Å². The van der Waals surface area contributed by atoms with Crippen LogP contribution in [0.2, 0.25) is 0 Å². The zero-order valence-corrected chi connectivity index (χ0v) is 11.7. The van der Waals surface area contributed by atoms with Crippen LogP contribution in [-0.2, 0) is 10.1 Å². The molecule has 0 fully saturated rings. The third-order valence-corrected chi connectivity index (χ3v) is 4.27. The quantitative estimate of drug-likeness (QED) is 0.694. The third kappa shape index (κ3) is 3.12. The van der Waals surface area contributed by atoms with Gasteiger partial charge in [0, 0.05) is 11.1 Å². The van der Waals surface area contributed by atoms with Gasteiger partial charge in [-0.15, -0.1) is 0 Å². The number of ketones is 1. The summed E-state index contributed by atoms with van der Waals surface area (Å²) in [7, 11) is -4.17. The molecule has 0 heterocycles. The lowest BCUT2D eigenvalue weighted by Crippen LogP contribution is -2.09. The highest BCUT2D eigenvalue weighted by atomic mass is 32.2. The van der Waals surface area contributed by atoms with Crippen LogP contribution in [0.3, 0.4) is 0 Å². The van der Waals surface area contributed by atoms with E-state index in [1.165, 1.54) is 13.0 Å². The lowest BCUT2D eigenvalue weighted by Gasteiger charge is -2.10. The maximum Gasteiger partial charge on any atom is 0.271 e. The zero-order valence-electron chi connectivity index (χ0n) is 10.9. The predicted octanol–water partition coefficient (Wildman–Crippen LogP) is 2.87. The highest BCUT2D eigenvalue weighted by molar-refractivity contribution is 7.86. The van der Waals surface area contributed by atoms with E-state index in [-0.39, 0.29) is 5.78 Å². The summed E-state index contributed by atoms with van der Waals surface area (Å²) in [5.74, 6) is -0.185. The molecule has 104 valence electrons. The van der Waals surface area contributed by atoms with E-state index in [1.807, 2.05) is 6.07 Å². The van der Waals surface area contributed by atoms with Gasteiger partial charge in [-0.25, -0.2) is 0 Å². The number of hydrogen-bond donors (Lipinski definition) is 1. The number of hydrogen-bond acceptors (Lipinski definition) is 3. The second kappa shape index (κ2) is 5.56. The molecular weight excluding hydrogens is 276 g/mol. The molecule has 2 rings (SSSR count). The summed E-state index contributed by atoms with van der Waals surface area (Å²) in [6, 6.07) is 15.0. The van der Waals surface area contributed by atoms with Gasteiger partial charge < -0.3 is 0 Å². The van der Waals surface area contributed by atoms with Crippen molar-refractivity contribution in [3.63, 3.8) is 0 Å². The molecule has 0 radical (unpaired) electrons. The van der Waals surface area contributed by atoms with E-state index >= 15 is 0 Å². The van der Waals surface area contributed by atoms with Gasteiger partial charge in [0.25, 0.3) is 10.1 Å². The third-order valence-electron chi connectivity index (χ3n) is 3.10. The molecule has 0 saturated carbocycles. The van der Waals surface area contributed by atoms with Crippen LogP contribution in [0.15, 0.2) is 54.6 Å². The van der Waals surface area contributed by atoms with E-state index in [0.717, 1.165) is 0 Å². The SMILES string of the molecule is CC(c1cccc(C(=O)c2ccccc2)c1)S(=O)(=O)O. The molecule has 0 saturated heterocycles. The fraction of sp³-hybridized carbons (Fsp3) is 0.133. The van der Waals surface area contributed by atoms with Gasteiger partial charge in [-0.1, -0.05) is 48.5 Å². The number of carbonyl (C=O) groups is 1. The van der Waals surface area contributed by atoms with Crippen LogP contribution in [0.4, 0.5) is 0 Å². The summed E-state index contributed by atoms with van der Waals surface area (Å²) >= 11 is 0. The first kappa shape index (κ1) is 14.4. The Labute approximate surface area is 117 Å². The van der Waals surface area contributed by atoms with Crippen LogP contribution < -0.4 is 0 Å². The molecule has 5 heteroatoms. The molecule has 0 bridgehead atoms. The van der Waals surface area contributed by atoms with Crippen molar-refractivity contribution in [3.05, 3.63) is 71.3 Å². The van der Waals surface area contributed by atoms with E-state index < -0.39 is 15.4 Å². The molecule has 1 unspecified atom stereocenters. The molecular formula is C15H14O4S. The highest BCUT2D eigenvalue weighted by Crippen LogP contribution is 2.22. The highest BCUT2D eigenvalue weighted by Gasteiger charge is 2.20. The van der Waals surface area contributed by atoms with Crippen molar-refractivity contribution in [2.75, 3.05) is 0 Å². The average molecular weight is 290 g/mol. The Bertz CT molecular complexity index is 721. The molecule has 0 aromatic heterocycles. The monoisotopic (exact) mass is 290 g/mol. The van der Waals surface area contributed by atoms with Crippen molar-refractivity contribution < 1.29 is 17.8 Å². The van der Waals surface area contributed by atoms with Crippen LogP contribution >= 0.6 is 0 Å². The zero-order chi connectivity index (χ0) is 14.8. The van der Waals surface area contributed by atoms with Gasteiger partial charge >= 0.3 is 0 Å². The summed E-state index contributed by atoms with van der Waals surface area (Å²) < 4.78 is 31.4. The van der Waals surface area contributed by atoms with Crippen LogP contribution in [0, 0.1) is 0 Å². The van der Waals surface area contributed by atoms with Gasteiger partial charge in [-0.2, -0.15) is 8.42 Å². The van der Waals surface area contributed by atoms with Gasteiger partial charge in [-0.3, -0.25) is 9.35 Å². The van der Waals surface area contributed by atoms with Crippen molar-refractivity contribution in [3.8, 4) is 0 Å². The van der Waals surface area contributed by atoms with Crippen LogP contribution in [0.25, 0.3) is 0 Å². The molecule has 0 aliphatic heterocycles. The first-order valence-corrected chi connectivity index (χ1v) is 7.56. The van der Waals surface area contributed by atoms with Crippen LogP contribution in [-0.4, -0.2) is 18.8 Å². The predicted molar refractivity (Wildman–Crippen MR) is 76.3 cm³/mol. The smallest absolute Gasteiger partial charge is 0.271 e. The molecule has 2 aromatic rings. The Balaban J connectivity index is 2.38. The fourth-order valence-electron chi connectivity index (χ4n) is 1.86. The standard InChI is InChI=1S/C15H14O4S/c1-11(20(17,18)19)13-8-5-9-14(10-13)15(16)12-6-3-2-4-7-12/h2-11H,1H3,(H,17,18,19). The summed E-state index contributed by atoms with van der Waals surface area (Å²) in [6.45, 7) is 1.38. The van der Waals surface area contributed by atoms with Crippen LogP contribution in [0.5, 0.6) is 0 Å². The van der Waals surface area contributed by atoms with Crippen molar-refractivity contribution in [2.45, 2.75) is 12.2 Å². The molecule has 0 aliphatic carbocycles. The molecule has 2 aromatic carbocycles. The molecule has 1 N–H and O–H groups in total. The number of carbonyl (C=O) groups excluding carboxylic acids is 1. The van der Waals surface area contributed by atoms with Crippen molar-refractivity contribution in [1.82, 2.24) is 0 Å². The van der Waals surface area contributed by atoms with Crippen molar-refractivity contribution >= 4 is 15.9 Å². The normalized spacial score (nSPS) is 12.9. The Morgan fingerprint density at radius 1 is 1.00 bits per heavy atom. The van der Waals surface area contributed by atoms with E-state index in [4.69, 9.17) is 4.55 Å². The minimum absolute atomic E-state index is 0.185. The first-order valence-electron chi connectivity index (χ1n) is 6.05. The van der Waals surface area contributed by atoms with Gasteiger partial charge in [0.2, 0.25) is 0 Å². The molecule has 0 amide bonds. The van der Waals surface area contributed by atoms with E-state index in [0.29, 0.717) is 16.7 Å². The molecule has 4 nitrogen and oxygen atoms in total. The number of benzene rings is 2. The second-order valence-corrected chi connectivity index (χ2v) is 6.21. The largest absolute Gasteiger partial charge is 0.289 e. The Kier molecular flexibility index (Phi) is 4.01. The number of rotatable bonds is 4. The minimum Gasteiger partial charge on any atom is -0.289 e. The van der Waals surface area contributed by atoms with Crippen LogP contribution in [0.1, 0.15) is 33.7 Å². The molecule has 0 aliphatic rings. The van der Waals surface area contributed by atoms with Gasteiger partial charge in [0.15, 0.2) is 5.78 Å². The summed E-state index contributed by atoms with van der Waals surface area (Å²) in [6.07, 6.45) is 0. The topological polar surface area (TPSA) is 71.4 Å². The van der Waals surface area contributed by atoms with E-state index in [2.05, 4.69) is 0 Å². The van der Waals surface area contributed by atoms with Gasteiger partial charge in [0.05, 0.1) is 0 Å². The summed E-state index contributed by atoms with van der Waals surface area (Å²) in [5, 5.41) is -1.06. The fourth-order valence-corrected chi connectivity index (χ4v) is 2.35. The van der Waals surface area contributed by atoms with E-state index in [9.17, 15) is 13.2 Å². The lowest BCUT2D eigenvalue weighted by atomic mass is 10.0. The Hall–Kier alpha value is -1.98. The maximum atomic E-state index is 12.3. The van der Waals surface area contributed by atoms with Crippen molar-refractivity contribution in [1.29, 1.82) is 0 Å². The Morgan fingerprint density at radius 2 is 1.60 bits per heavy atom. The molecule has 20 heavy (non-hydrogen) atoms. The Morgan fingerprint density at radius 3 is 2.20 bits per heavy atom. The maximum absolute atomic E-state index is 12.3. The molecule has 0 spiro atoms. The van der Waals surface area contributed by atoms with Crippen molar-refractivity contribution in [2.24, 2.45) is 0 Å². The van der Waals surface area contributed by atoms with E-state index in [1.54, 1.807) is 42.5 Å². The second-order valence-electron chi connectivity index (χ2n) is 4.48. The first-order chi connectivity index (χ1) is 9.39. The molecule has 1 atom stereocenters. The summed E-state index contributed by atoms with van der Waals surface area (Å²) in [4.78, 5) is 12.3. The summed E-state index contributed by atoms with van der Waals surface area (Å²) in [5.41, 5.74) is 1.31. The lowest BCUT2D eigenvalue weighted by molar-refractivity contribution is 0.103.